The number of rotatable bonds is 9. The Hall–Kier alpha value is -3.81. The van der Waals surface area contributed by atoms with Crippen molar-refractivity contribution >= 4 is 39.3 Å². The van der Waals surface area contributed by atoms with Gasteiger partial charge in [0.2, 0.25) is 0 Å². The number of terminal acetylenes is 1. The standard InChI is InChI=1S/C30H29BrN2O6S/c1-7-13-38-24-16-21(31)19(14-23(24)36-6)15-25-28(34)33-27(20-11-9-10-12-22(20)39-17(3)4)26(29(35)37-8-2)18(5)32-30(33)40-25/h1,9-12,14-17,27H,8,13H2,2-6H3/b25-15+/t27-/m1/s1. The number of nitrogens with zero attached hydrogens (tertiary/aromatic N) is 2. The van der Waals surface area contributed by atoms with E-state index in [0.29, 0.717) is 53.5 Å². The van der Waals surface area contributed by atoms with E-state index in [1.165, 1.54) is 23.0 Å². The molecule has 4 rings (SSSR count). The molecule has 208 valence electrons. The lowest BCUT2D eigenvalue weighted by molar-refractivity contribution is -0.139. The normalized spacial score (nSPS) is 14.8. The number of thiazole rings is 1. The van der Waals surface area contributed by atoms with Crippen LogP contribution in [0.3, 0.4) is 0 Å². The third-order valence-corrected chi connectivity index (χ3v) is 7.64. The minimum Gasteiger partial charge on any atom is -0.493 e. The van der Waals surface area contributed by atoms with Gasteiger partial charge in [-0.3, -0.25) is 9.36 Å². The number of carbonyl (C=O) groups excluding carboxylic acids is 1. The van der Waals surface area contributed by atoms with Crippen molar-refractivity contribution in [3.05, 3.63) is 83.0 Å². The Labute approximate surface area is 244 Å². The van der Waals surface area contributed by atoms with E-state index in [9.17, 15) is 9.59 Å². The Balaban J connectivity index is 1.95. The molecule has 0 spiro atoms. The number of fused-ring (bicyclic) bond motifs is 1. The number of allylic oxidation sites excluding steroid dienone is 1. The van der Waals surface area contributed by atoms with E-state index in [1.807, 2.05) is 38.1 Å². The van der Waals surface area contributed by atoms with E-state index in [1.54, 1.807) is 32.1 Å². The highest BCUT2D eigenvalue weighted by Gasteiger charge is 2.35. The third-order valence-electron chi connectivity index (χ3n) is 5.97. The van der Waals surface area contributed by atoms with Gasteiger partial charge in [-0.2, -0.15) is 0 Å². The van der Waals surface area contributed by atoms with Crippen LogP contribution in [0, 0.1) is 12.3 Å². The van der Waals surface area contributed by atoms with Crippen LogP contribution in [0.1, 0.15) is 44.9 Å². The summed E-state index contributed by atoms with van der Waals surface area (Å²) < 4.78 is 25.2. The fourth-order valence-electron chi connectivity index (χ4n) is 4.35. The lowest BCUT2D eigenvalue weighted by atomic mass is 9.95. The van der Waals surface area contributed by atoms with E-state index in [2.05, 4.69) is 26.8 Å². The largest absolute Gasteiger partial charge is 0.493 e. The molecule has 0 aliphatic carbocycles. The topological polar surface area (TPSA) is 88.4 Å². The molecule has 0 bridgehead atoms. The van der Waals surface area contributed by atoms with Gasteiger partial charge in [0.1, 0.15) is 18.4 Å². The first kappa shape index (κ1) is 29.2. The van der Waals surface area contributed by atoms with Crippen molar-refractivity contribution in [1.82, 2.24) is 4.57 Å². The van der Waals surface area contributed by atoms with E-state index in [-0.39, 0.29) is 24.9 Å². The summed E-state index contributed by atoms with van der Waals surface area (Å²) in [5.74, 6) is 3.42. The molecule has 1 aromatic heterocycles. The zero-order valence-corrected chi connectivity index (χ0v) is 25.2. The van der Waals surface area contributed by atoms with Gasteiger partial charge >= 0.3 is 5.97 Å². The lowest BCUT2D eigenvalue weighted by Gasteiger charge is -2.26. The summed E-state index contributed by atoms with van der Waals surface area (Å²) in [5, 5.41) is 0. The van der Waals surface area contributed by atoms with Crippen LogP contribution in [0.25, 0.3) is 6.08 Å². The maximum atomic E-state index is 14.0. The second kappa shape index (κ2) is 12.6. The van der Waals surface area contributed by atoms with Gasteiger partial charge in [-0.15, -0.1) is 6.42 Å². The number of hydrogen-bond acceptors (Lipinski definition) is 8. The fraction of sp³-hybridized carbons (Fsp3) is 0.300. The molecule has 0 unspecified atom stereocenters. The molecule has 0 N–H and O–H groups in total. The summed E-state index contributed by atoms with van der Waals surface area (Å²) in [4.78, 5) is 32.3. The summed E-state index contributed by atoms with van der Waals surface area (Å²) in [6.07, 6.45) is 6.96. The van der Waals surface area contributed by atoms with Crippen LogP contribution in [0.15, 0.2) is 61.9 Å². The SMILES string of the molecule is C#CCOc1cc(Br)c(/C=c2/sc3n(c2=O)[C@H](c2ccccc2OC(C)C)C(C(=O)OCC)=C(C)N=3)cc1OC. The molecule has 3 aromatic rings. The maximum Gasteiger partial charge on any atom is 0.338 e. The number of hydrogen-bond donors (Lipinski definition) is 0. The summed E-state index contributed by atoms with van der Waals surface area (Å²) >= 11 is 4.79. The van der Waals surface area contributed by atoms with Gasteiger partial charge < -0.3 is 18.9 Å². The first-order chi connectivity index (χ1) is 19.2. The molecule has 0 amide bonds. The van der Waals surface area contributed by atoms with Crippen molar-refractivity contribution in [3.8, 4) is 29.6 Å². The Morgan fingerprint density at radius 1 is 1.25 bits per heavy atom. The third kappa shape index (κ3) is 5.86. The highest BCUT2D eigenvalue weighted by Crippen LogP contribution is 2.37. The summed E-state index contributed by atoms with van der Waals surface area (Å²) in [6, 6.07) is 10.1. The molecule has 0 saturated carbocycles. The smallest absolute Gasteiger partial charge is 0.338 e. The number of halogens is 1. The highest BCUT2D eigenvalue weighted by molar-refractivity contribution is 9.10. The summed E-state index contributed by atoms with van der Waals surface area (Å²) in [5.41, 5.74) is 1.82. The number of methoxy groups -OCH3 is 1. The molecule has 8 nitrogen and oxygen atoms in total. The Morgan fingerprint density at radius 3 is 2.67 bits per heavy atom. The Kier molecular flexibility index (Phi) is 9.17. The van der Waals surface area contributed by atoms with Crippen molar-refractivity contribution in [1.29, 1.82) is 0 Å². The monoisotopic (exact) mass is 624 g/mol. The van der Waals surface area contributed by atoms with Gasteiger partial charge in [0.15, 0.2) is 16.3 Å². The number of aromatic nitrogens is 1. The maximum absolute atomic E-state index is 14.0. The zero-order chi connectivity index (χ0) is 29.0. The molecule has 10 heteroatoms. The Morgan fingerprint density at radius 2 is 2.00 bits per heavy atom. The van der Waals surface area contributed by atoms with Crippen molar-refractivity contribution in [2.45, 2.75) is 39.8 Å². The van der Waals surface area contributed by atoms with Crippen LogP contribution in [0.5, 0.6) is 17.2 Å². The first-order valence-electron chi connectivity index (χ1n) is 12.6. The van der Waals surface area contributed by atoms with Crippen molar-refractivity contribution < 1.29 is 23.7 Å². The average Bonchev–Trinajstić information content (AvgIpc) is 3.22. The van der Waals surface area contributed by atoms with Crippen LogP contribution in [-0.2, 0) is 9.53 Å². The molecule has 1 aliphatic heterocycles. The molecule has 0 saturated heterocycles. The summed E-state index contributed by atoms with van der Waals surface area (Å²) in [6.45, 7) is 7.61. The van der Waals surface area contributed by atoms with Crippen LogP contribution in [0.2, 0.25) is 0 Å². The van der Waals surface area contributed by atoms with Crippen LogP contribution >= 0.6 is 27.3 Å². The molecule has 0 radical (unpaired) electrons. The zero-order valence-electron chi connectivity index (χ0n) is 22.8. The molecular formula is C30H29BrN2O6S. The van der Waals surface area contributed by atoms with Crippen molar-refractivity contribution in [2.75, 3.05) is 20.3 Å². The van der Waals surface area contributed by atoms with E-state index in [0.717, 1.165) is 0 Å². The van der Waals surface area contributed by atoms with Crippen LogP contribution < -0.4 is 29.1 Å². The van der Waals surface area contributed by atoms with E-state index in [4.69, 9.17) is 25.4 Å². The number of carbonyl (C=O) groups is 1. The van der Waals surface area contributed by atoms with E-state index < -0.39 is 12.0 Å². The van der Waals surface area contributed by atoms with Gasteiger partial charge in [-0.05, 0) is 57.5 Å². The number of ether oxygens (including phenoxy) is 4. The molecule has 1 atom stereocenters. The molecule has 1 aliphatic rings. The van der Waals surface area contributed by atoms with E-state index >= 15 is 0 Å². The van der Waals surface area contributed by atoms with Gasteiger partial charge in [-0.1, -0.05) is 51.4 Å². The molecule has 2 aromatic carbocycles. The van der Waals surface area contributed by atoms with Gasteiger partial charge in [0.05, 0.1) is 35.6 Å². The van der Waals surface area contributed by atoms with Crippen LogP contribution in [0.4, 0.5) is 0 Å². The second-order valence-electron chi connectivity index (χ2n) is 9.02. The van der Waals surface area contributed by atoms with Crippen molar-refractivity contribution in [3.63, 3.8) is 0 Å². The minimum atomic E-state index is -0.787. The van der Waals surface area contributed by atoms with Gasteiger partial charge in [0, 0.05) is 10.0 Å². The quantitative estimate of drug-likeness (QED) is 0.260. The molecule has 0 fully saturated rings. The highest BCUT2D eigenvalue weighted by atomic mass is 79.9. The Bertz CT molecular complexity index is 1700. The molecular weight excluding hydrogens is 596 g/mol. The number of benzene rings is 2. The predicted molar refractivity (Wildman–Crippen MR) is 158 cm³/mol. The van der Waals surface area contributed by atoms with Gasteiger partial charge in [0.25, 0.3) is 5.56 Å². The molecule has 2 heterocycles. The molecule has 40 heavy (non-hydrogen) atoms. The second-order valence-corrected chi connectivity index (χ2v) is 10.9. The number of esters is 1. The fourth-order valence-corrected chi connectivity index (χ4v) is 5.82. The summed E-state index contributed by atoms with van der Waals surface area (Å²) in [7, 11) is 1.53. The first-order valence-corrected chi connectivity index (χ1v) is 14.2. The van der Waals surface area contributed by atoms with Crippen molar-refractivity contribution in [2.24, 2.45) is 4.99 Å². The lowest BCUT2D eigenvalue weighted by Crippen LogP contribution is -2.40. The van der Waals surface area contributed by atoms with Gasteiger partial charge in [-0.25, -0.2) is 9.79 Å². The van der Waals surface area contributed by atoms with Crippen LogP contribution in [-0.4, -0.2) is 37.0 Å². The minimum absolute atomic E-state index is 0.0882. The predicted octanol–water partition coefficient (Wildman–Crippen LogP) is 4.37. The number of para-hydroxylation sites is 1. The average molecular weight is 626 g/mol.